The maximum Gasteiger partial charge on any atom is 0.128 e. The fourth-order valence-electron chi connectivity index (χ4n) is 1.86. The minimum absolute atomic E-state index is 0.915. The van der Waals surface area contributed by atoms with Gasteiger partial charge in [0.1, 0.15) is 5.82 Å². The van der Waals surface area contributed by atoms with Crippen LogP contribution < -0.4 is 0 Å². The molecule has 2 aromatic heterocycles. The summed E-state index contributed by atoms with van der Waals surface area (Å²) in [5.74, 6) is 0.915. The predicted molar refractivity (Wildman–Crippen MR) is 76.8 cm³/mol. The molecule has 0 aromatic carbocycles. The molecular weight excluding hydrogens is 236 g/mol. The van der Waals surface area contributed by atoms with Crippen molar-refractivity contribution >= 4 is 0 Å². The number of rotatable bonds is 6. The Kier molecular flexibility index (Phi) is 4.98. The summed E-state index contributed by atoms with van der Waals surface area (Å²) in [7, 11) is 4.19. The van der Waals surface area contributed by atoms with Crippen LogP contribution in [0.2, 0.25) is 0 Å². The van der Waals surface area contributed by atoms with Crippen molar-refractivity contribution in [2.24, 2.45) is 0 Å². The van der Waals surface area contributed by atoms with Crippen molar-refractivity contribution in [1.29, 1.82) is 0 Å². The van der Waals surface area contributed by atoms with Crippen LogP contribution in [0.1, 0.15) is 18.7 Å². The zero-order valence-corrected chi connectivity index (χ0v) is 11.6. The lowest BCUT2D eigenvalue weighted by molar-refractivity contribution is 0.393. The minimum atomic E-state index is 0.915. The highest BCUT2D eigenvalue weighted by atomic mass is 15.0. The summed E-state index contributed by atoms with van der Waals surface area (Å²) in [5, 5.41) is 0. The second kappa shape index (κ2) is 6.95. The molecular formula is C15H20N4. The number of pyridine rings is 1. The highest BCUT2D eigenvalue weighted by Gasteiger charge is 2.01. The number of hydrogen-bond donors (Lipinski definition) is 0. The fraction of sp³-hybridized carbons (Fsp3) is 0.400. The fourth-order valence-corrected chi connectivity index (χ4v) is 1.86. The Morgan fingerprint density at radius 3 is 2.42 bits per heavy atom. The summed E-state index contributed by atoms with van der Waals surface area (Å²) >= 11 is 0. The summed E-state index contributed by atoms with van der Waals surface area (Å²) in [6.07, 6.45) is 8.74. The highest BCUT2D eigenvalue weighted by molar-refractivity contribution is 5.55. The summed E-state index contributed by atoms with van der Waals surface area (Å²) in [6.45, 7) is 1.12. The molecule has 2 rings (SSSR count). The molecule has 0 spiro atoms. The van der Waals surface area contributed by atoms with Crippen molar-refractivity contribution in [2.45, 2.75) is 19.3 Å². The molecule has 0 saturated heterocycles. The van der Waals surface area contributed by atoms with Gasteiger partial charge in [-0.25, -0.2) is 9.97 Å². The van der Waals surface area contributed by atoms with Crippen molar-refractivity contribution < 1.29 is 0 Å². The summed E-state index contributed by atoms with van der Waals surface area (Å²) in [6, 6.07) is 5.84. The minimum Gasteiger partial charge on any atom is -0.309 e. The van der Waals surface area contributed by atoms with Gasteiger partial charge in [-0.3, -0.25) is 4.98 Å². The zero-order chi connectivity index (χ0) is 13.5. The van der Waals surface area contributed by atoms with Gasteiger partial charge in [0.05, 0.1) is 5.69 Å². The molecule has 4 heteroatoms. The number of unbranched alkanes of at least 4 members (excludes halogenated alkanes) is 1. The van der Waals surface area contributed by atoms with E-state index in [2.05, 4.69) is 33.9 Å². The van der Waals surface area contributed by atoms with E-state index >= 15 is 0 Å². The van der Waals surface area contributed by atoms with Crippen LogP contribution in [0.25, 0.3) is 11.3 Å². The molecule has 0 aliphatic carbocycles. The van der Waals surface area contributed by atoms with Gasteiger partial charge in [0.15, 0.2) is 0 Å². The Labute approximate surface area is 114 Å². The first-order valence-corrected chi connectivity index (χ1v) is 6.63. The standard InChI is InChI=1S/C15H20N4/c1-19(2)10-6-4-8-15-17-11-13(12-18-15)14-7-3-5-9-16-14/h3,5,7,9,11-12H,4,6,8,10H2,1-2H3. The first-order chi connectivity index (χ1) is 9.25. The second-order valence-electron chi connectivity index (χ2n) is 4.86. The summed E-state index contributed by atoms with van der Waals surface area (Å²) in [5.41, 5.74) is 1.89. The maximum atomic E-state index is 4.41. The first kappa shape index (κ1) is 13.6. The highest BCUT2D eigenvalue weighted by Crippen LogP contribution is 2.13. The Morgan fingerprint density at radius 2 is 1.79 bits per heavy atom. The molecule has 0 aliphatic heterocycles. The van der Waals surface area contributed by atoms with Gasteiger partial charge in [0, 0.05) is 30.6 Å². The van der Waals surface area contributed by atoms with Gasteiger partial charge in [-0.15, -0.1) is 0 Å². The van der Waals surface area contributed by atoms with Gasteiger partial charge in [0.25, 0.3) is 0 Å². The number of nitrogens with zero attached hydrogens (tertiary/aromatic N) is 4. The average molecular weight is 256 g/mol. The molecule has 0 amide bonds. The zero-order valence-electron chi connectivity index (χ0n) is 11.6. The van der Waals surface area contributed by atoms with Crippen molar-refractivity contribution in [1.82, 2.24) is 19.9 Å². The van der Waals surface area contributed by atoms with Crippen molar-refractivity contribution in [2.75, 3.05) is 20.6 Å². The van der Waals surface area contributed by atoms with E-state index in [9.17, 15) is 0 Å². The van der Waals surface area contributed by atoms with E-state index in [4.69, 9.17) is 0 Å². The number of hydrogen-bond acceptors (Lipinski definition) is 4. The Hall–Kier alpha value is -1.81. The predicted octanol–water partition coefficient (Wildman–Crippen LogP) is 2.42. The number of aryl methyl sites for hydroxylation is 1. The SMILES string of the molecule is CN(C)CCCCc1ncc(-c2ccccn2)cn1. The molecule has 0 unspecified atom stereocenters. The molecule has 0 N–H and O–H groups in total. The van der Waals surface area contributed by atoms with E-state index in [0.717, 1.165) is 36.5 Å². The van der Waals surface area contributed by atoms with E-state index in [1.165, 1.54) is 6.42 Å². The largest absolute Gasteiger partial charge is 0.309 e. The van der Waals surface area contributed by atoms with Gasteiger partial charge in [-0.2, -0.15) is 0 Å². The van der Waals surface area contributed by atoms with E-state index in [1.807, 2.05) is 30.6 Å². The molecule has 0 radical (unpaired) electrons. The first-order valence-electron chi connectivity index (χ1n) is 6.63. The monoisotopic (exact) mass is 256 g/mol. The Bertz CT molecular complexity index is 479. The molecule has 0 saturated carbocycles. The van der Waals surface area contributed by atoms with E-state index in [1.54, 1.807) is 6.20 Å². The smallest absolute Gasteiger partial charge is 0.128 e. The van der Waals surface area contributed by atoms with Gasteiger partial charge in [-0.05, 0) is 45.6 Å². The number of aromatic nitrogens is 3. The second-order valence-corrected chi connectivity index (χ2v) is 4.86. The van der Waals surface area contributed by atoms with Crippen LogP contribution in [0.5, 0.6) is 0 Å². The van der Waals surface area contributed by atoms with Crippen LogP contribution in [-0.4, -0.2) is 40.5 Å². The molecule has 0 fully saturated rings. The topological polar surface area (TPSA) is 41.9 Å². The summed E-state index contributed by atoms with van der Waals surface area (Å²) < 4.78 is 0. The van der Waals surface area contributed by atoms with E-state index in [0.29, 0.717) is 0 Å². The third kappa shape index (κ3) is 4.41. The Morgan fingerprint density at radius 1 is 1.00 bits per heavy atom. The molecule has 2 heterocycles. The van der Waals surface area contributed by atoms with Gasteiger partial charge >= 0.3 is 0 Å². The molecule has 0 atom stereocenters. The van der Waals surface area contributed by atoms with Crippen LogP contribution in [0.4, 0.5) is 0 Å². The van der Waals surface area contributed by atoms with Gasteiger partial charge < -0.3 is 4.90 Å². The van der Waals surface area contributed by atoms with Gasteiger partial charge in [-0.1, -0.05) is 6.07 Å². The molecule has 0 aliphatic rings. The van der Waals surface area contributed by atoms with Crippen LogP contribution in [-0.2, 0) is 6.42 Å². The summed E-state index contributed by atoms with van der Waals surface area (Å²) in [4.78, 5) is 15.3. The maximum absolute atomic E-state index is 4.41. The van der Waals surface area contributed by atoms with Crippen LogP contribution >= 0.6 is 0 Å². The lowest BCUT2D eigenvalue weighted by Gasteiger charge is -2.08. The van der Waals surface area contributed by atoms with Crippen molar-refractivity contribution in [3.05, 3.63) is 42.6 Å². The van der Waals surface area contributed by atoms with Crippen LogP contribution in [0, 0.1) is 0 Å². The lowest BCUT2D eigenvalue weighted by Crippen LogP contribution is -2.13. The van der Waals surface area contributed by atoms with Crippen molar-refractivity contribution in [3.63, 3.8) is 0 Å². The Balaban J connectivity index is 1.88. The van der Waals surface area contributed by atoms with Gasteiger partial charge in [0.2, 0.25) is 0 Å². The average Bonchev–Trinajstić information content (AvgIpc) is 2.45. The third-order valence-corrected chi connectivity index (χ3v) is 2.92. The van der Waals surface area contributed by atoms with E-state index < -0.39 is 0 Å². The van der Waals surface area contributed by atoms with Crippen molar-refractivity contribution in [3.8, 4) is 11.3 Å². The molecule has 100 valence electrons. The third-order valence-electron chi connectivity index (χ3n) is 2.92. The van der Waals surface area contributed by atoms with E-state index in [-0.39, 0.29) is 0 Å². The molecule has 4 nitrogen and oxygen atoms in total. The van der Waals surface area contributed by atoms with Crippen LogP contribution in [0.3, 0.4) is 0 Å². The normalized spacial score (nSPS) is 10.9. The molecule has 19 heavy (non-hydrogen) atoms. The molecule has 0 bridgehead atoms. The lowest BCUT2D eigenvalue weighted by atomic mass is 10.2. The van der Waals surface area contributed by atoms with Crippen LogP contribution in [0.15, 0.2) is 36.8 Å². The quantitative estimate of drug-likeness (QED) is 0.744. The molecule has 2 aromatic rings.